The topological polar surface area (TPSA) is 29.3 Å². The first-order valence-corrected chi connectivity index (χ1v) is 8.25. The van der Waals surface area contributed by atoms with E-state index in [-0.39, 0.29) is 0 Å². The van der Waals surface area contributed by atoms with Crippen LogP contribution in [0.3, 0.4) is 0 Å². The quantitative estimate of drug-likeness (QED) is 0.869. The molecule has 0 heterocycles. The molecule has 0 saturated heterocycles. The summed E-state index contributed by atoms with van der Waals surface area (Å²) in [5.74, 6) is 0.883. The molecule has 0 amide bonds. The van der Waals surface area contributed by atoms with Crippen molar-refractivity contribution in [3.8, 4) is 0 Å². The third-order valence-corrected chi connectivity index (χ3v) is 4.97. The highest BCUT2D eigenvalue weighted by molar-refractivity contribution is 5.86. The summed E-state index contributed by atoms with van der Waals surface area (Å²) in [7, 11) is 0. The van der Waals surface area contributed by atoms with Crippen molar-refractivity contribution >= 4 is 10.8 Å². The third-order valence-electron chi connectivity index (χ3n) is 4.97. The Hall–Kier alpha value is -1.38. The van der Waals surface area contributed by atoms with E-state index in [0.29, 0.717) is 12.6 Å². The van der Waals surface area contributed by atoms with Crippen LogP contribution < -0.4 is 5.73 Å². The number of hydrogen-bond donors (Lipinski definition) is 1. The van der Waals surface area contributed by atoms with Crippen molar-refractivity contribution in [2.45, 2.75) is 32.2 Å². The molecule has 0 bridgehead atoms. The predicted molar refractivity (Wildman–Crippen MR) is 90.3 cm³/mol. The SMILES string of the molecule is CCN(CC1CCC1)C(CN)c1cccc2ccccc12. The van der Waals surface area contributed by atoms with Gasteiger partial charge in [0.05, 0.1) is 0 Å². The number of likely N-dealkylation sites (N-methyl/N-ethyl adjacent to an activating group) is 1. The van der Waals surface area contributed by atoms with E-state index in [9.17, 15) is 0 Å². The molecule has 2 N–H and O–H groups in total. The van der Waals surface area contributed by atoms with Gasteiger partial charge < -0.3 is 5.73 Å². The summed E-state index contributed by atoms with van der Waals surface area (Å²) in [5.41, 5.74) is 7.55. The van der Waals surface area contributed by atoms with Gasteiger partial charge in [-0.3, -0.25) is 4.90 Å². The zero-order valence-electron chi connectivity index (χ0n) is 13.0. The third kappa shape index (κ3) is 2.97. The maximum absolute atomic E-state index is 6.17. The van der Waals surface area contributed by atoms with Crippen molar-refractivity contribution in [2.24, 2.45) is 11.7 Å². The molecule has 2 nitrogen and oxygen atoms in total. The normalized spacial score (nSPS) is 17.1. The molecule has 1 atom stereocenters. The summed E-state index contributed by atoms with van der Waals surface area (Å²) in [4.78, 5) is 2.58. The molecule has 2 heteroatoms. The lowest BCUT2D eigenvalue weighted by Gasteiger charge is -2.37. The fourth-order valence-corrected chi connectivity index (χ4v) is 3.50. The van der Waals surface area contributed by atoms with Gasteiger partial charge in [-0.25, -0.2) is 0 Å². The van der Waals surface area contributed by atoms with Gasteiger partial charge in [-0.15, -0.1) is 0 Å². The minimum Gasteiger partial charge on any atom is -0.329 e. The second-order valence-electron chi connectivity index (χ2n) is 6.20. The summed E-state index contributed by atoms with van der Waals surface area (Å²) < 4.78 is 0. The van der Waals surface area contributed by atoms with E-state index in [1.807, 2.05) is 0 Å². The van der Waals surface area contributed by atoms with Gasteiger partial charge >= 0.3 is 0 Å². The smallest absolute Gasteiger partial charge is 0.0476 e. The molecule has 2 aromatic rings. The molecule has 112 valence electrons. The molecule has 2 aromatic carbocycles. The van der Waals surface area contributed by atoms with Gasteiger partial charge in [0.15, 0.2) is 0 Å². The minimum atomic E-state index is 0.335. The number of rotatable bonds is 6. The van der Waals surface area contributed by atoms with E-state index in [2.05, 4.69) is 54.3 Å². The van der Waals surface area contributed by atoms with Crippen LogP contribution in [0.2, 0.25) is 0 Å². The Morgan fingerprint density at radius 1 is 1.14 bits per heavy atom. The van der Waals surface area contributed by atoms with Crippen molar-refractivity contribution in [2.75, 3.05) is 19.6 Å². The summed E-state index contributed by atoms with van der Waals surface area (Å²) in [6.45, 7) is 5.21. The fourth-order valence-electron chi connectivity index (χ4n) is 3.50. The van der Waals surface area contributed by atoms with Crippen LogP contribution in [0.15, 0.2) is 42.5 Å². The van der Waals surface area contributed by atoms with E-state index >= 15 is 0 Å². The van der Waals surface area contributed by atoms with Crippen molar-refractivity contribution in [1.82, 2.24) is 4.90 Å². The van der Waals surface area contributed by atoms with Crippen LogP contribution in [0.4, 0.5) is 0 Å². The van der Waals surface area contributed by atoms with Gasteiger partial charge in [0.2, 0.25) is 0 Å². The predicted octanol–water partition coefficient (Wildman–Crippen LogP) is 3.96. The lowest BCUT2D eigenvalue weighted by Crippen LogP contribution is -2.38. The first-order chi connectivity index (χ1) is 10.3. The van der Waals surface area contributed by atoms with Crippen molar-refractivity contribution < 1.29 is 0 Å². The number of benzene rings is 2. The summed E-state index contributed by atoms with van der Waals surface area (Å²) in [6.07, 6.45) is 4.19. The standard InChI is InChI=1S/C19H26N2/c1-2-21(14-15-7-5-8-15)19(13-20)18-12-6-10-16-9-3-4-11-17(16)18/h3-4,6,9-12,15,19H,2,5,7-8,13-14,20H2,1H3. The zero-order chi connectivity index (χ0) is 14.7. The van der Waals surface area contributed by atoms with Crippen LogP contribution in [0.25, 0.3) is 10.8 Å². The molecule has 1 unspecified atom stereocenters. The minimum absolute atomic E-state index is 0.335. The average Bonchev–Trinajstić information content (AvgIpc) is 2.49. The molecule has 1 fully saturated rings. The fraction of sp³-hybridized carbons (Fsp3) is 0.474. The van der Waals surface area contributed by atoms with Crippen molar-refractivity contribution in [3.05, 3.63) is 48.0 Å². The Morgan fingerprint density at radius 3 is 2.57 bits per heavy atom. The Kier molecular flexibility index (Phi) is 4.57. The molecule has 21 heavy (non-hydrogen) atoms. The van der Waals surface area contributed by atoms with Crippen LogP contribution in [-0.4, -0.2) is 24.5 Å². The lowest BCUT2D eigenvalue weighted by atomic mass is 9.84. The summed E-state index contributed by atoms with van der Waals surface area (Å²) >= 11 is 0. The highest BCUT2D eigenvalue weighted by Crippen LogP contribution is 2.32. The number of nitrogens with zero attached hydrogens (tertiary/aromatic N) is 1. The van der Waals surface area contributed by atoms with E-state index in [1.165, 1.54) is 42.1 Å². The molecule has 0 aliphatic heterocycles. The summed E-state index contributed by atoms with van der Waals surface area (Å²) in [6, 6.07) is 15.6. The van der Waals surface area contributed by atoms with Crippen LogP contribution in [0, 0.1) is 5.92 Å². The van der Waals surface area contributed by atoms with Gasteiger partial charge in [-0.1, -0.05) is 55.8 Å². The van der Waals surface area contributed by atoms with Gasteiger partial charge in [-0.2, -0.15) is 0 Å². The van der Waals surface area contributed by atoms with Gasteiger partial charge in [-0.05, 0) is 41.6 Å². The molecule has 1 saturated carbocycles. The first kappa shape index (κ1) is 14.6. The maximum Gasteiger partial charge on any atom is 0.0476 e. The van der Waals surface area contributed by atoms with Gasteiger partial charge in [0.1, 0.15) is 0 Å². The van der Waals surface area contributed by atoms with Crippen LogP contribution >= 0.6 is 0 Å². The lowest BCUT2D eigenvalue weighted by molar-refractivity contribution is 0.142. The van der Waals surface area contributed by atoms with Crippen LogP contribution in [0.5, 0.6) is 0 Å². The summed E-state index contributed by atoms with van der Waals surface area (Å²) in [5, 5.41) is 2.66. The Labute approximate surface area is 127 Å². The first-order valence-electron chi connectivity index (χ1n) is 8.25. The van der Waals surface area contributed by atoms with Crippen molar-refractivity contribution in [3.63, 3.8) is 0 Å². The zero-order valence-corrected chi connectivity index (χ0v) is 13.0. The van der Waals surface area contributed by atoms with Gasteiger partial charge in [0, 0.05) is 19.1 Å². The van der Waals surface area contributed by atoms with E-state index in [0.717, 1.165) is 12.5 Å². The largest absolute Gasteiger partial charge is 0.329 e. The Balaban J connectivity index is 1.92. The number of nitrogens with two attached hydrogens (primary N) is 1. The molecule has 0 aromatic heterocycles. The highest BCUT2D eigenvalue weighted by Gasteiger charge is 2.25. The Bertz CT molecular complexity index is 584. The molecule has 0 spiro atoms. The second kappa shape index (κ2) is 6.59. The molecular formula is C19H26N2. The molecule has 1 aliphatic rings. The van der Waals surface area contributed by atoms with E-state index < -0.39 is 0 Å². The second-order valence-corrected chi connectivity index (χ2v) is 6.20. The number of hydrogen-bond acceptors (Lipinski definition) is 2. The molecule has 3 rings (SSSR count). The Morgan fingerprint density at radius 2 is 1.90 bits per heavy atom. The van der Waals surface area contributed by atoms with Crippen LogP contribution in [-0.2, 0) is 0 Å². The molecule has 1 aliphatic carbocycles. The van der Waals surface area contributed by atoms with E-state index in [1.54, 1.807) is 0 Å². The number of fused-ring (bicyclic) bond motifs is 1. The monoisotopic (exact) mass is 282 g/mol. The average molecular weight is 282 g/mol. The maximum atomic E-state index is 6.17. The van der Waals surface area contributed by atoms with Crippen molar-refractivity contribution in [1.29, 1.82) is 0 Å². The van der Waals surface area contributed by atoms with E-state index in [4.69, 9.17) is 5.73 Å². The molecular weight excluding hydrogens is 256 g/mol. The van der Waals surface area contributed by atoms with Crippen LogP contribution in [0.1, 0.15) is 37.8 Å². The highest BCUT2D eigenvalue weighted by atomic mass is 15.2. The molecule has 0 radical (unpaired) electrons. The van der Waals surface area contributed by atoms with Gasteiger partial charge in [0.25, 0.3) is 0 Å².